The van der Waals surface area contributed by atoms with Gasteiger partial charge in [-0.15, -0.1) is 0 Å². The second-order valence-corrected chi connectivity index (χ2v) is 7.44. The van der Waals surface area contributed by atoms with Crippen LogP contribution in [0.15, 0.2) is 24.3 Å². The highest BCUT2D eigenvalue weighted by atomic mass is 35.5. The number of nitrogens with one attached hydrogen (secondary N) is 1. The SMILES string of the molecule is O=C(N[C@@H]1CCC[C@H](C(F)(F)F)C1)N1CCN(c2cccc(Cl)c2)CC1. The number of rotatable bonds is 2. The molecule has 1 saturated heterocycles. The van der Waals surface area contributed by atoms with Gasteiger partial charge in [0.15, 0.2) is 0 Å². The molecular weight excluding hydrogens is 367 g/mol. The van der Waals surface area contributed by atoms with Crippen LogP contribution >= 0.6 is 11.6 Å². The molecule has 1 aliphatic heterocycles. The lowest BCUT2D eigenvalue weighted by Crippen LogP contribution is -2.54. The lowest BCUT2D eigenvalue weighted by Gasteiger charge is -2.38. The number of piperazine rings is 1. The molecule has 144 valence electrons. The van der Waals surface area contributed by atoms with E-state index in [9.17, 15) is 18.0 Å². The molecule has 2 atom stereocenters. The summed E-state index contributed by atoms with van der Waals surface area (Å²) in [5.41, 5.74) is 1.01. The number of carbonyl (C=O) groups is 1. The number of amides is 2. The molecule has 0 aromatic heterocycles. The quantitative estimate of drug-likeness (QED) is 0.818. The van der Waals surface area contributed by atoms with Gasteiger partial charge >= 0.3 is 12.2 Å². The summed E-state index contributed by atoms with van der Waals surface area (Å²) in [4.78, 5) is 16.2. The molecule has 0 unspecified atom stereocenters. The third-order valence-corrected chi connectivity index (χ3v) is 5.44. The van der Waals surface area contributed by atoms with Gasteiger partial charge in [0.1, 0.15) is 0 Å². The van der Waals surface area contributed by atoms with Gasteiger partial charge in [0.05, 0.1) is 5.92 Å². The minimum atomic E-state index is -4.17. The third-order valence-electron chi connectivity index (χ3n) is 5.20. The second-order valence-electron chi connectivity index (χ2n) is 7.01. The summed E-state index contributed by atoms with van der Waals surface area (Å²) in [7, 11) is 0. The fourth-order valence-electron chi connectivity index (χ4n) is 3.72. The predicted molar refractivity (Wildman–Crippen MR) is 95.6 cm³/mol. The van der Waals surface area contributed by atoms with Crippen molar-refractivity contribution < 1.29 is 18.0 Å². The molecule has 2 fully saturated rings. The van der Waals surface area contributed by atoms with Crippen LogP contribution in [0, 0.1) is 5.92 Å². The van der Waals surface area contributed by atoms with Crippen LogP contribution in [0.3, 0.4) is 0 Å². The highest BCUT2D eigenvalue weighted by molar-refractivity contribution is 6.30. The molecule has 1 aliphatic carbocycles. The zero-order valence-electron chi connectivity index (χ0n) is 14.4. The second kappa shape index (κ2) is 7.94. The zero-order valence-corrected chi connectivity index (χ0v) is 15.2. The van der Waals surface area contributed by atoms with Crippen LogP contribution in [0.1, 0.15) is 25.7 Å². The molecule has 2 amide bonds. The molecule has 4 nitrogen and oxygen atoms in total. The van der Waals surface area contributed by atoms with E-state index < -0.39 is 18.1 Å². The van der Waals surface area contributed by atoms with Crippen molar-refractivity contribution in [3.63, 3.8) is 0 Å². The van der Waals surface area contributed by atoms with E-state index in [-0.39, 0.29) is 18.9 Å². The number of hydrogen-bond donors (Lipinski definition) is 1. The minimum Gasteiger partial charge on any atom is -0.368 e. The fourth-order valence-corrected chi connectivity index (χ4v) is 3.91. The van der Waals surface area contributed by atoms with E-state index in [0.29, 0.717) is 44.0 Å². The molecule has 26 heavy (non-hydrogen) atoms. The van der Waals surface area contributed by atoms with Gasteiger partial charge in [0, 0.05) is 42.9 Å². The van der Waals surface area contributed by atoms with E-state index in [4.69, 9.17) is 11.6 Å². The van der Waals surface area contributed by atoms with Crippen LogP contribution in [-0.4, -0.2) is 49.3 Å². The molecule has 1 aromatic carbocycles. The fraction of sp³-hybridized carbons (Fsp3) is 0.611. The van der Waals surface area contributed by atoms with Gasteiger partial charge in [0.25, 0.3) is 0 Å². The van der Waals surface area contributed by atoms with E-state index in [0.717, 1.165) is 5.69 Å². The molecular formula is C18H23ClF3N3O. The molecule has 3 rings (SSSR count). The van der Waals surface area contributed by atoms with Crippen LogP contribution in [0.2, 0.25) is 5.02 Å². The maximum Gasteiger partial charge on any atom is 0.391 e. The van der Waals surface area contributed by atoms with Crippen molar-refractivity contribution in [1.29, 1.82) is 0 Å². The highest BCUT2D eigenvalue weighted by Gasteiger charge is 2.42. The number of halogens is 4. The number of hydrogen-bond acceptors (Lipinski definition) is 2. The van der Waals surface area contributed by atoms with Crippen molar-refractivity contribution in [3.8, 4) is 0 Å². The Bertz CT molecular complexity index is 632. The van der Waals surface area contributed by atoms with E-state index in [2.05, 4.69) is 10.2 Å². The summed E-state index contributed by atoms with van der Waals surface area (Å²) in [6.07, 6.45) is -2.92. The number of anilines is 1. The molecule has 0 spiro atoms. The lowest BCUT2D eigenvalue weighted by molar-refractivity contribution is -0.183. The van der Waals surface area contributed by atoms with Crippen molar-refractivity contribution in [3.05, 3.63) is 29.3 Å². The Labute approximate surface area is 156 Å². The topological polar surface area (TPSA) is 35.6 Å². The minimum absolute atomic E-state index is 0.0162. The van der Waals surface area contributed by atoms with Crippen molar-refractivity contribution in [2.75, 3.05) is 31.1 Å². The molecule has 0 radical (unpaired) electrons. The van der Waals surface area contributed by atoms with Gasteiger partial charge in [-0.3, -0.25) is 0 Å². The summed E-state index contributed by atoms with van der Waals surface area (Å²) in [6, 6.07) is 6.90. The standard InChI is InChI=1S/C18H23ClF3N3O/c19-14-4-2-6-16(12-14)24-7-9-25(10-8-24)17(26)23-15-5-1-3-13(11-15)18(20,21)22/h2,4,6,12-13,15H,1,3,5,7-11H2,(H,23,26)/t13-,15+/m0/s1. The van der Waals surface area contributed by atoms with Crippen LogP contribution < -0.4 is 10.2 Å². The van der Waals surface area contributed by atoms with Crippen molar-refractivity contribution in [2.45, 2.75) is 37.9 Å². The lowest BCUT2D eigenvalue weighted by atomic mass is 9.85. The first-order chi connectivity index (χ1) is 12.3. The largest absolute Gasteiger partial charge is 0.391 e. The average Bonchev–Trinajstić information content (AvgIpc) is 2.61. The van der Waals surface area contributed by atoms with Crippen LogP contribution in [0.4, 0.5) is 23.7 Å². The van der Waals surface area contributed by atoms with E-state index in [1.807, 2.05) is 24.3 Å². The van der Waals surface area contributed by atoms with Crippen LogP contribution in [0.5, 0.6) is 0 Å². The van der Waals surface area contributed by atoms with Gasteiger partial charge in [-0.25, -0.2) is 4.79 Å². The van der Waals surface area contributed by atoms with Crippen LogP contribution in [0.25, 0.3) is 0 Å². The van der Waals surface area contributed by atoms with Gasteiger partial charge in [0.2, 0.25) is 0 Å². The zero-order chi connectivity index (χ0) is 18.7. The van der Waals surface area contributed by atoms with Crippen molar-refractivity contribution in [1.82, 2.24) is 10.2 Å². The number of nitrogens with zero attached hydrogens (tertiary/aromatic N) is 2. The molecule has 8 heteroatoms. The Kier molecular flexibility index (Phi) is 5.85. The molecule has 2 aliphatic rings. The van der Waals surface area contributed by atoms with Crippen molar-refractivity contribution in [2.24, 2.45) is 5.92 Å². The third kappa shape index (κ3) is 4.75. The summed E-state index contributed by atoms with van der Waals surface area (Å²) in [6.45, 7) is 2.41. The molecule has 0 bridgehead atoms. The molecule has 1 heterocycles. The van der Waals surface area contributed by atoms with Crippen LogP contribution in [-0.2, 0) is 0 Å². The summed E-state index contributed by atoms with van der Waals surface area (Å²) < 4.78 is 38.7. The molecule has 1 aromatic rings. The maximum absolute atomic E-state index is 12.9. The number of carbonyl (C=O) groups excluding carboxylic acids is 1. The average molecular weight is 390 g/mol. The Balaban J connectivity index is 1.49. The van der Waals surface area contributed by atoms with E-state index in [1.54, 1.807) is 4.90 Å². The number of urea groups is 1. The Hall–Kier alpha value is -1.63. The van der Waals surface area contributed by atoms with Gasteiger partial charge in [-0.1, -0.05) is 24.1 Å². The summed E-state index contributed by atoms with van der Waals surface area (Å²) in [5.74, 6) is -1.30. The number of benzene rings is 1. The maximum atomic E-state index is 12.9. The molecule has 1 N–H and O–H groups in total. The normalized spacial score (nSPS) is 24.5. The van der Waals surface area contributed by atoms with Gasteiger partial charge in [-0.2, -0.15) is 13.2 Å². The van der Waals surface area contributed by atoms with Crippen molar-refractivity contribution >= 4 is 23.3 Å². The predicted octanol–water partition coefficient (Wildman–Crippen LogP) is 4.29. The summed E-state index contributed by atoms with van der Waals surface area (Å²) in [5, 5.41) is 3.47. The van der Waals surface area contributed by atoms with E-state index >= 15 is 0 Å². The Morgan fingerprint density at radius 1 is 1.15 bits per heavy atom. The molecule has 1 saturated carbocycles. The van der Waals surface area contributed by atoms with Gasteiger partial charge < -0.3 is 15.1 Å². The smallest absolute Gasteiger partial charge is 0.368 e. The number of alkyl halides is 3. The first-order valence-electron chi connectivity index (χ1n) is 8.95. The summed E-state index contributed by atoms with van der Waals surface area (Å²) >= 11 is 6.01. The Morgan fingerprint density at radius 2 is 1.88 bits per heavy atom. The monoisotopic (exact) mass is 389 g/mol. The van der Waals surface area contributed by atoms with E-state index in [1.165, 1.54) is 0 Å². The highest BCUT2D eigenvalue weighted by Crippen LogP contribution is 2.37. The first-order valence-corrected chi connectivity index (χ1v) is 9.33. The van der Waals surface area contributed by atoms with Gasteiger partial charge in [-0.05, 0) is 37.5 Å². The first kappa shape index (κ1) is 19.1. The Morgan fingerprint density at radius 3 is 2.54 bits per heavy atom.